The summed E-state index contributed by atoms with van der Waals surface area (Å²) < 4.78 is 3.87. The minimum absolute atomic E-state index is 0.272. The fraction of sp³-hybridized carbons (Fsp3) is 0.364. The van der Waals surface area contributed by atoms with Crippen LogP contribution in [0.15, 0.2) is 22.2 Å². The molecule has 2 heterocycles. The molecule has 0 aliphatic rings. The molecule has 0 aromatic carbocycles. The van der Waals surface area contributed by atoms with Gasteiger partial charge in [0.1, 0.15) is 12.4 Å². The summed E-state index contributed by atoms with van der Waals surface area (Å²) in [6.45, 7) is 3.64. The molecule has 0 saturated carbocycles. The summed E-state index contributed by atoms with van der Waals surface area (Å²) in [6, 6.07) is 0. The van der Waals surface area contributed by atoms with E-state index in [0.717, 1.165) is 4.57 Å². The SMILES string of the molecule is C=CCn1c(CO)nc2c1c(=O)n(C)c(=O)n2C. The Hall–Kier alpha value is -2.15. The number of allylic oxidation sites excluding steroid dienone is 1. The zero-order valence-electron chi connectivity index (χ0n) is 10.3. The van der Waals surface area contributed by atoms with Crippen LogP contribution in [0.4, 0.5) is 0 Å². The number of aromatic nitrogens is 4. The monoisotopic (exact) mass is 250 g/mol. The molecule has 1 N–H and O–H groups in total. The maximum absolute atomic E-state index is 12.1. The summed E-state index contributed by atoms with van der Waals surface area (Å²) in [6.07, 6.45) is 1.60. The molecular weight excluding hydrogens is 236 g/mol. The molecule has 0 aliphatic carbocycles. The Morgan fingerprint density at radius 3 is 2.56 bits per heavy atom. The van der Waals surface area contributed by atoms with E-state index in [1.165, 1.54) is 18.7 Å². The number of rotatable bonds is 3. The smallest absolute Gasteiger partial charge is 0.332 e. The summed E-state index contributed by atoms with van der Waals surface area (Å²) in [7, 11) is 2.95. The van der Waals surface area contributed by atoms with Crippen molar-refractivity contribution in [1.29, 1.82) is 0 Å². The minimum atomic E-state index is -0.444. The normalized spacial score (nSPS) is 11.1. The molecule has 0 atom stereocenters. The molecule has 18 heavy (non-hydrogen) atoms. The number of hydrogen-bond acceptors (Lipinski definition) is 4. The average molecular weight is 250 g/mol. The highest BCUT2D eigenvalue weighted by atomic mass is 16.3. The van der Waals surface area contributed by atoms with Crippen LogP contribution >= 0.6 is 0 Å². The highest BCUT2D eigenvalue weighted by Gasteiger charge is 2.17. The summed E-state index contributed by atoms with van der Waals surface area (Å²) in [5, 5.41) is 9.25. The van der Waals surface area contributed by atoms with Crippen molar-refractivity contribution in [2.24, 2.45) is 14.1 Å². The van der Waals surface area contributed by atoms with Gasteiger partial charge >= 0.3 is 5.69 Å². The van der Waals surface area contributed by atoms with Crippen molar-refractivity contribution in [3.63, 3.8) is 0 Å². The lowest BCUT2D eigenvalue weighted by molar-refractivity contribution is 0.267. The fourth-order valence-corrected chi connectivity index (χ4v) is 1.94. The number of aryl methyl sites for hydroxylation is 1. The highest BCUT2D eigenvalue weighted by Crippen LogP contribution is 2.10. The molecule has 7 nitrogen and oxygen atoms in total. The summed E-state index contributed by atoms with van der Waals surface area (Å²) >= 11 is 0. The van der Waals surface area contributed by atoms with E-state index in [-0.39, 0.29) is 12.3 Å². The van der Waals surface area contributed by atoms with Gasteiger partial charge in [0.25, 0.3) is 5.56 Å². The van der Waals surface area contributed by atoms with Gasteiger partial charge in [0.2, 0.25) is 0 Å². The molecule has 2 aromatic rings. The molecule has 0 saturated heterocycles. The lowest BCUT2D eigenvalue weighted by Crippen LogP contribution is -2.37. The number of imidazole rings is 1. The van der Waals surface area contributed by atoms with Gasteiger partial charge in [-0.05, 0) is 0 Å². The molecule has 0 amide bonds. The minimum Gasteiger partial charge on any atom is -0.388 e. The van der Waals surface area contributed by atoms with Crippen LogP contribution in [0.5, 0.6) is 0 Å². The number of fused-ring (bicyclic) bond motifs is 1. The summed E-state index contributed by atoms with van der Waals surface area (Å²) in [5.41, 5.74) is -0.306. The van der Waals surface area contributed by atoms with E-state index in [2.05, 4.69) is 11.6 Å². The van der Waals surface area contributed by atoms with Crippen molar-refractivity contribution in [2.45, 2.75) is 13.2 Å². The second kappa shape index (κ2) is 4.26. The molecule has 0 spiro atoms. The van der Waals surface area contributed by atoms with Crippen LogP contribution in [-0.4, -0.2) is 23.8 Å². The van der Waals surface area contributed by atoms with Crippen molar-refractivity contribution in [3.8, 4) is 0 Å². The van der Waals surface area contributed by atoms with E-state index in [4.69, 9.17) is 0 Å². The number of nitrogens with zero attached hydrogens (tertiary/aromatic N) is 4. The first kappa shape index (κ1) is 12.3. The maximum atomic E-state index is 12.1. The number of aliphatic hydroxyl groups excluding tert-OH is 1. The van der Waals surface area contributed by atoms with Gasteiger partial charge in [-0.25, -0.2) is 9.78 Å². The van der Waals surface area contributed by atoms with E-state index in [9.17, 15) is 14.7 Å². The van der Waals surface area contributed by atoms with Gasteiger partial charge in [-0.15, -0.1) is 6.58 Å². The molecule has 96 valence electrons. The van der Waals surface area contributed by atoms with Crippen molar-refractivity contribution in [1.82, 2.24) is 18.7 Å². The van der Waals surface area contributed by atoms with Crippen LogP contribution in [0.25, 0.3) is 11.2 Å². The van der Waals surface area contributed by atoms with Crippen LogP contribution < -0.4 is 11.2 Å². The molecule has 2 aromatic heterocycles. The Balaban J connectivity index is 3.04. The van der Waals surface area contributed by atoms with Gasteiger partial charge in [0.15, 0.2) is 11.2 Å². The van der Waals surface area contributed by atoms with E-state index in [1.807, 2.05) is 0 Å². The molecule has 0 fully saturated rings. The van der Waals surface area contributed by atoms with Gasteiger partial charge in [-0.3, -0.25) is 13.9 Å². The molecule has 0 radical (unpaired) electrons. The van der Waals surface area contributed by atoms with Crippen LogP contribution in [0.3, 0.4) is 0 Å². The second-order valence-corrected chi connectivity index (χ2v) is 3.96. The highest BCUT2D eigenvalue weighted by molar-refractivity contribution is 5.71. The van der Waals surface area contributed by atoms with Crippen LogP contribution in [-0.2, 0) is 27.2 Å². The molecule has 7 heteroatoms. The predicted molar refractivity (Wildman–Crippen MR) is 66.3 cm³/mol. The van der Waals surface area contributed by atoms with E-state index >= 15 is 0 Å². The van der Waals surface area contributed by atoms with E-state index < -0.39 is 11.2 Å². The number of aliphatic hydroxyl groups is 1. The van der Waals surface area contributed by atoms with E-state index in [0.29, 0.717) is 17.9 Å². The first-order valence-corrected chi connectivity index (χ1v) is 5.39. The lowest BCUT2D eigenvalue weighted by Gasteiger charge is -2.05. The van der Waals surface area contributed by atoms with Gasteiger partial charge in [-0.1, -0.05) is 6.08 Å². The molecule has 0 bridgehead atoms. The topological polar surface area (TPSA) is 82.1 Å². The second-order valence-electron chi connectivity index (χ2n) is 3.96. The third-order valence-electron chi connectivity index (χ3n) is 2.88. The first-order chi connectivity index (χ1) is 8.52. The summed E-state index contributed by atoms with van der Waals surface area (Å²) in [4.78, 5) is 28.0. The van der Waals surface area contributed by atoms with Gasteiger partial charge in [0.05, 0.1) is 0 Å². The standard InChI is InChI=1S/C11H14N4O3/c1-4-5-15-7(6-16)12-9-8(15)10(17)14(3)11(18)13(9)2/h4,16H,1,5-6H2,2-3H3. The first-order valence-electron chi connectivity index (χ1n) is 5.39. The summed E-state index contributed by atoms with van der Waals surface area (Å²) in [5.74, 6) is 0.336. The fourth-order valence-electron chi connectivity index (χ4n) is 1.94. The zero-order valence-corrected chi connectivity index (χ0v) is 10.3. The Labute approximate surface area is 102 Å². The van der Waals surface area contributed by atoms with Crippen molar-refractivity contribution < 1.29 is 5.11 Å². The van der Waals surface area contributed by atoms with E-state index in [1.54, 1.807) is 10.6 Å². The third kappa shape index (κ3) is 1.52. The van der Waals surface area contributed by atoms with Gasteiger partial charge in [-0.2, -0.15) is 0 Å². The van der Waals surface area contributed by atoms with Crippen LogP contribution in [0, 0.1) is 0 Å². The Morgan fingerprint density at radius 1 is 1.33 bits per heavy atom. The Bertz CT molecular complexity index is 735. The Morgan fingerprint density at radius 2 is 2.00 bits per heavy atom. The average Bonchev–Trinajstić information content (AvgIpc) is 2.73. The molecule has 0 unspecified atom stereocenters. The third-order valence-corrected chi connectivity index (χ3v) is 2.88. The van der Waals surface area contributed by atoms with Crippen molar-refractivity contribution >= 4 is 11.2 Å². The predicted octanol–water partition coefficient (Wildman–Crippen LogP) is -0.888. The molecule has 0 aliphatic heterocycles. The molecular formula is C11H14N4O3. The van der Waals surface area contributed by atoms with Crippen molar-refractivity contribution in [3.05, 3.63) is 39.3 Å². The quantitative estimate of drug-likeness (QED) is 0.717. The van der Waals surface area contributed by atoms with Crippen LogP contribution in [0.1, 0.15) is 5.82 Å². The lowest BCUT2D eigenvalue weighted by atomic mass is 10.4. The number of hydrogen-bond donors (Lipinski definition) is 1. The molecule has 2 rings (SSSR count). The largest absolute Gasteiger partial charge is 0.388 e. The van der Waals surface area contributed by atoms with Crippen LogP contribution in [0.2, 0.25) is 0 Å². The van der Waals surface area contributed by atoms with Gasteiger partial charge in [0, 0.05) is 20.6 Å². The maximum Gasteiger partial charge on any atom is 0.332 e. The Kier molecular flexibility index (Phi) is 2.92. The van der Waals surface area contributed by atoms with Gasteiger partial charge < -0.3 is 9.67 Å². The van der Waals surface area contributed by atoms with Crippen molar-refractivity contribution in [2.75, 3.05) is 0 Å². The zero-order chi connectivity index (χ0) is 13.4.